The van der Waals surface area contributed by atoms with Crippen LogP contribution < -0.4 is 5.32 Å². The van der Waals surface area contributed by atoms with Gasteiger partial charge in [0.2, 0.25) is 0 Å². The minimum Gasteiger partial charge on any atom is -0.358 e. The maximum absolute atomic E-state index is 13.0. The summed E-state index contributed by atoms with van der Waals surface area (Å²) in [5.74, 6) is -0.365. The Bertz CT molecular complexity index is 559. The van der Waals surface area contributed by atoms with Gasteiger partial charge in [0, 0.05) is 29.6 Å². The van der Waals surface area contributed by atoms with Crippen molar-refractivity contribution in [2.45, 2.75) is 6.42 Å². The molecule has 0 radical (unpaired) electrons. The Kier molecular flexibility index (Phi) is 1.59. The molecule has 2 N–H and O–H groups in total. The van der Waals surface area contributed by atoms with Crippen LogP contribution in [0, 0.1) is 5.82 Å². The van der Waals surface area contributed by atoms with E-state index in [1.54, 1.807) is 6.07 Å². The van der Waals surface area contributed by atoms with Crippen molar-refractivity contribution in [2.24, 2.45) is 0 Å². The Morgan fingerprint density at radius 1 is 1.33 bits per heavy atom. The molecule has 2 heterocycles. The van der Waals surface area contributed by atoms with Crippen molar-refractivity contribution in [1.29, 1.82) is 0 Å². The van der Waals surface area contributed by atoms with Crippen molar-refractivity contribution in [1.82, 2.24) is 10.3 Å². The zero-order chi connectivity index (χ0) is 10.4. The first kappa shape index (κ1) is 8.47. The third-order valence-electron chi connectivity index (χ3n) is 2.73. The third kappa shape index (κ3) is 1.14. The number of fused-ring (bicyclic) bond motifs is 3. The number of hydrogen-bond donors (Lipinski definition) is 2. The highest BCUT2D eigenvalue weighted by Gasteiger charge is 2.21. The van der Waals surface area contributed by atoms with Crippen LogP contribution in [0.5, 0.6) is 0 Å². The first-order valence-corrected chi connectivity index (χ1v) is 4.84. The first-order chi connectivity index (χ1) is 7.25. The lowest BCUT2D eigenvalue weighted by molar-refractivity contribution is 0.0947. The second-order valence-corrected chi connectivity index (χ2v) is 3.67. The Morgan fingerprint density at radius 2 is 2.20 bits per heavy atom. The molecule has 15 heavy (non-hydrogen) atoms. The van der Waals surface area contributed by atoms with Crippen molar-refractivity contribution in [3.63, 3.8) is 0 Å². The minimum absolute atomic E-state index is 0.0749. The molecule has 0 spiro atoms. The Morgan fingerprint density at radius 3 is 3.07 bits per heavy atom. The molecule has 1 aliphatic rings. The molecule has 0 saturated carbocycles. The zero-order valence-corrected chi connectivity index (χ0v) is 7.93. The van der Waals surface area contributed by atoms with E-state index in [0.29, 0.717) is 17.6 Å². The summed E-state index contributed by atoms with van der Waals surface area (Å²) in [5, 5.41) is 3.57. The number of aromatic amines is 1. The highest BCUT2D eigenvalue weighted by Crippen LogP contribution is 2.25. The van der Waals surface area contributed by atoms with E-state index in [0.717, 1.165) is 17.5 Å². The molecule has 4 heteroatoms. The number of hydrogen-bond acceptors (Lipinski definition) is 1. The van der Waals surface area contributed by atoms with Crippen molar-refractivity contribution in [2.75, 3.05) is 6.54 Å². The summed E-state index contributed by atoms with van der Waals surface area (Å²) in [7, 11) is 0. The largest absolute Gasteiger partial charge is 0.358 e. The topological polar surface area (TPSA) is 44.9 Å². The quantitative estimate of drug-likeness (QED) is 0.672. The molecule has 0 atom stereocenters. The van der Waals surface area contributed by atoms with E-state index in [-0.39, 0.29) is 11.7 Å². The van der Waals surface area contributed by atoms with Crippen LogP contribution in [0.15, 0.2) is 18.2 Å². The summed E-state index contributed by atoms with van der Waals surface area (Å²) in [6, 6.07) is 4.43. The molecule has 1 amide bonds. The molecule has 1 aliphatic heterocycles. The average Bonchev–Trinajstić information content (AvgIpc) is 2.56. The number of halogens is 1. The fourth-order valence-electron chi connectivity index (χ4n) is 2.06. The molecule has 3 nitrogen and oxygen atoms in total. The summed E-state index contributed by atoms with van der Waals surface area (Å²) in [4.78, 5) is 14.7. The number of benzene rings is 1. The number of amides is 1. The lowest BCUT2D eigenvalue weighted by Gasteiger charge is -2.11. The standard InChI is InChI=1S/C11H9FN2O/c12-6-1-2-7-9(5-6)14-8-3-4-13-11(15)10(7)8/h1-2,5,14H,3-4H2,(H,13,15). The van der Waals surface area contributed by atoms with E-state index in [2.05, 4.69) is 10.3 Å². The molecule has 76 valence electrons. The number of aromatic nitrogens is 1. The molecule has 0 unspecified atom stereocenters. The fourth-order valence-corrected chi connectivity index (χ4v) is 2.06. The Labute approximate surface area is 85.3 Å². The van der Waals surface area contributed by atoms with Crippen LogP contribution in [-0.4, -0.2) is 17.4 Å². The smallest absolute Gasteiger partial charge is 0.253 e. The summed E-state index contributed by atoms with van der Waals surface area (Å²) >= 11 is 0. The van der Waals surface area contributed by atoms with Crippen LogP contribution in [0.1, 0.15) is 16.1 Å². The van der Waals surface area contributed by atoms with E-state index in [1.807, 2.05) is 0 Å². The molecule has 1 aromatic heterocycles. The second-order valence-electron chi connectivity index (χ2n) is 3.67. The predicted molar refractivity (Wildman–Crippen MR) is 54.3 cm³/mol. The molecular formula is C11H9FN2O. The maximum Gasteiger partial charge on any atom is 0.253 e. The lowest BCUT2D eigenvalue weighted by atomic mass is 10.1. The van der Waals surface area contributed by atoms with Crippen LogP contribution >= 0.6 is 0 Å². The molecule has 2 aromatic rings. The van der Waals surface area contributed by atoms with Crippen molar-refractivity contribution in [3.8, 4) is 0 Å². The summed E-state index contributed by atoms with van der Waals surface area (Å²) in [6.45, 7) is 0.640. The van der Waals surface area contributed by atoms with Gasteiger partial charge in [0.05, 0.1) is 5.56 Å². The molecule has 3 rings (SSSR count). The molecule has 0 fully saturated rings. The van der Waals surface area contributed by atoms with Gasteiger partial charge in [0.25, 0.3) is 5.91 Å². The normalized spacial score (nSPS) is 15.1. The van der Waals surface area contributed by atoms with Gasteiger partial charge in [-0.05, 0) is 18.2 Å². The second kappa shape index (κ2) is 2.82. The molecular weight excluding hydrogens is 195 g/mol. The van der Waals surface area contributed by atoms with Crippen LogP contribution in [0.3, 0.4) is 0 Å². The van der Waals surface area contributed by atoms with Gasteiger partial charge in [-0.25, -0.2) is 4.39 Å². The predicted octanol–water partition coefficient (Wildman–Crippen LogP) is 1.59. The van der Waals surface area contributed by atoms with Crippen LogP contribution in [0.25, 0.3) is 10.9 Å². The lowest BCUT2D eigenvalue weighted by Crippen LogP contribution is -2.31. The van der Waals surface area contributed by atoms with Crippen molar-refractivity contribution >= 4 is 16.8 Å². The van der Waals surface area contributed by atoms with Crippen LogP contribution in [0.2, 0.25) is 0 Å². The Hall–Kier alpha value is -1.84. The van der Waals surface area contributed by atoms with Gasteiger partial charge in [0.1, 0.15) is 5.82 Å². The van der Waals surface area contributed by atoms with Crippen LogP contribution in [-0.2, 0) is 6.42 Å². The van der Waals surface area contributed by atoms with E-state index in [1.165, 1.54) is 12.1 Å². The number of carbonyl (C=O) groups is 1. The van der Waals surface area contributed by atoms with Gasteiger partial charge in [-0.2, -0.15) is 0 Å². The van der Waals surface area contributed by atoms with E-state index < -0.39 is 0 Å². The van der Waals surface area contributed by atoms with Gasteiger partial charge in [0.15, 0.2) is 0 Å². The summed E-state index contributed by atoms with van der Waals surface area (Å²) < 4.78 is 13.0. The summed E-state index contributed by atoms with van der Waals surface area (Å²) in [5.41, 5.74) is 2.26. The highest BCUT2D eigenvalue weighted by atomic mass is 19.1. The van der Waals surface area contributed by atoms with Gasteiger partial charge in [-0.1, -0.05) is 0 Å². The molecule has 0 saturated heterocycles. The SMILES string of the molecule is O=C1NCCc2[nH]c3cc(F)ccc3c21. The van der Waals surface area contributed by atoms with Crippen molar-refractivity contribution < 1.29 is 9.18 Å². The molecule has 0 bridgehead atoms. The Balaban J connectivity index is 2.36. The monoisotopic (exact) mass is 204 g/mol. The van der Waals surface area contributed by atoms with E-state index in [4.69, 9.17) is 0 Å². The average molecular weight is 204 g/mol. The minimum atomic E-state index is -0.290. The molecule has 1 aromatic carbocycles. The zero-order valence-electron chi connectivity index (χ0n) is 7.93. The van der Waals surface area contributed by atoms with Gasteiger partial charge >= 0.3 is 0 Å². The van der Waals surface area contributed by atoms with E-state index in [9.17, 15) is 9.18 Å². The molecule has 0 aliphatic carbocycles. The first-order valence-electron chi connectivity index (χ1n) is 4.84. The fraction of sp³-hybridized carbons (Fsp3) is 0.182. The maximum atomic E-state index is 13.0. The third-order valence-corrected chi connectivity index (χ3v) is 2.73. The number of carbonyl (C=O) groups excluding carboxylic acids is 1. The van der Waals surface area contributed by atoms with Gasteiger partial charge < -0.3 is 10.3 Å². The number of H-pyrrole nitrogens is 1. The number of rotatable bonds is 0. The number of nitrogens with one attached hydrogen (secondary N) is 2. The summed E-state index contributed by atoms with van der Waals surface area (Å²) in [6.07, 6.45) is 0.775. The highest BCUT2D eigenvalue weighted by molar-refractivity contribution is 6.08. The van der Waals surface area contributed by atoms with Crippen LogP contribution in [0.4, 0.5) is 4.39 Å². The van der Waals surface area contributed by atoms with Gasteiger partial charge in [-0.15, -0.1) is 0 Å². The van der Waals surface area contributed by atoms with Crippen molar-refractivity contribution in [3.05, 3.63) is 35.3 Å². The van der Waals surface area contributed by atoms with E-state index >= 15 is 0 Å². The van der Waals surface area contributed by atoms with Gasteiger partial charge in [-0.3, -0.25) is 4.79 Å².